The van der Waals surface area contributed by atoms with Gasteiger partial charge in [-0.25, -0.2) is 4.39 Å². The van der Waals surface area contributed by atoms with E-state index in [4.69, 9.17) is 32.7 Å². The van der Waals surface area contributed by atoms with Crippen molar-refractivity contribution in [3.63, 3.8) is 0 Å². The molecule has 0 saturated carbocycles. The number of nitrogens with one attached hydrogen (secondary N) is 1. The van der Waals surface area contributed by atoms with Crippen LogP contribution in [0.2, 0.25) is 10.0 Å². The number of hydrogen-bond acceptors (Lipinski definition) is 3. The maximum atomic E-state index is 13.0. The number of rotatable bonds is 9. The number of benzene rings is 3. The van der Waals surface area contributed by atoms with Crippen LogP contribution >= 0.6 is 39.1 Å². The van der Waals surface area contributed by atoms with Gasteiger partial charge in [0.2, 0.25) is 0 Å². The molecule has 0 spiro atoms. The number of ether oxygens (including phenoxy) is 2. The molecule has 7 heteroatoms. The molecule has 158 valence electrons. The first-order valence-corrected chi connectivity index (χ1v) is 10.9. The van der Waals surface area contributed by atoms with Gasteiger partial charge in [0.15, 0.2) is 11.5 Å². The maximum absolute atomic E-state index is 13.0. The molecule has 0 aliphatic carbocycles. The van der Waals surface area contributed by atoms with Crippen LogP contribution in [0.25, 0.3) is 0 Å². The Morgan fingerprint density at radius 2 is 1.70 bits per heavy atom. The summed E-state index contributed by atoms with van der Waals surface area (Å²) in [6.07, 6.45) is 0.818. The van der Waals surface area contributed by atoms with E-state index in [0.29, 0.717) is 28.1 Å². The van der Waals surface area contributed by atoms with E-state index in [9.17, 15) is 4.39 Å². The highest BCUT2D eigenvalue weighted by molar-refractivity contribution is 9.10. The van der Waals surface area contributed by atoms with E-state index in [0.717, 1.165) is 34.1 Å². The third-order valence-electron chi connectivity index (χ3n) is 4.54. The molecule has 3 aromatic carbocycles. The van der Waals surface area contributed by atoms with Crippen LogP contribution in [0.3, 0.4) is 0 Å². The lowest BCUT2D eigenvalue weighted by Crippen LogP contribution is -2.16. The van der Waals surface area contributed by atoms with Crippen molar-refractivity contribution in [2.75, 3.05) is 13.7 Å². The summed E-state index contributed by atoms with van der Waals surface area (Å²) in [4.78, 5) is 0. The molecule has 1 N–H and O–H groups in total. The Hall–Kier alpha value is -1.79. The van der Waals surface area contributed by atoms with Gasteiger partial charge in [0.1, 0.15) is 12.4 Å². The molecule has 3 aromatic rings. The standard InChI is InChI=1S/C23H21BrCl2FNO2/c1-29-22-12-16(13-28-10-9-15-5-7-17(27)8-6-15)11-19(24)23(22)30-14-18-20(25)3-2-4-21(18)26/h2-8,11-12,28H,9-10,13-14H2,1H3. The van der Waals surface area contributed by atoms with Crippen LogP contribution < -0.4 is 14.8 Å². The fraction of sp³-hybridized carbons (Fsp3) is 0.217. The maximum Gasteiger partial charge on any atom is 0.175 e. The Morgan fingerprint density at radius 1 is 1.00 bits per heavy atom. The van der Waals surface area contributed by atoms with Crippen LogP contribution in [-0.4, -0.2) is 13.7 Å². The Morgan fingerprint density at radius 3 is 2.37 bits per heavy atom. The molecule has 0 amide bonds. The van der Waals surface area contributed by atoms with Gasteiger partial charge >= 0.3 is 0 Å². The normalized spacial score (nSPS) is 10.8. The molecule has 0 unspecified atom stereocenters. The van der Waals surface area contributed by atoms with Crippen molar-refractivity contribution >= 4 is 39.1 Å². The smallest absolute Gasteiger partial charge is 0.175 e. The van der Waals surface area contributed by atoms with Gasteiger partial charge in [0, 0.05) is 22.2 Å². The molecule has 0 aliphatic heterocycles. The topological polar surface area (TPSA) is 30.5 Å². The van der Waals surface area contributed by atoms with Crippen molar-refractivity contribution in [1.29, 1.82) is 0 Å². The monoisotopic (exact) mass is 511 g/mol. The second-order valence-corrected chi connectivity index (χ2v) is 8.32. The fourth-order valence-electron chi connectivity index (χ4n) is 2.95. The van der Waals surface area contributed by atoms with Crippen LogP contribution in [0.4, 0.5) is 4.39 Å². The van der Waals surface area contributed by atoms with Crippen molar-refractivity contribution in [1.82, 2.24) is 5.32 Å². The first-order chi connectivity index (χ1) is 14.5. The lowest BCUT2D eigenvalue weighted by molar-refractivity contribution is 0.282. The zero-order valence-electron chi connectivity index (χ0n) is 16.4. The molecule has 0 saturated heterocycles. The minimum atomic E-state index is -0.220. The summed E-state index contributed by atoms with van der Waals surface area (Å²) in [6.45, 7) is 1.66. The second kappa shape index (κ2) is 11.0. The fourth-order valence-corrected chi connectivity index (χ4v) is 4.06. The van der Waals surface area contributed by atoms with Gasteiger partial charge in [0.05, 0.1) is 11.6 Å². The minimum Gasteiger partial charge on any atom is -0.493 e. The van der Waals surface area contributed by atoms with Crippen molar-refractivity contribution in [2.45, 2.75) is 19.6 Å². The van der Waals surface area contributed by atoms with Crippen molar-refractivity contribution in [2.24, 2.45) is 0 Å². The van der Waals surface area contributed by atoms with E-state index in [1.165, 1.54) is 12.1 Å². The molecule has 0 bridgehead atoms. The molecule has 0 heterocycles. The van der Waals surface area contributed by atoms with Crippen molar-refractivity contribution in [3.8, 4) is 11.5 Å². The zero-order chi connectivity index (χ0) is 21.5. The Labute approximate surface area is 194 Å². The van der Waals surface area contributed by atoms with Gasteiger partial charge in [-0.05, 0) is 76.4 Å². The van der Waals surface area contributed by atoms with E-state index < -0.39 is 0 Å². The summed E-state index contributed by atoms with van der Waals surface area (Å²) in [5, 5.41) is 4.50. The summed E-state index contributed by atoms with van der Waals surface area (Å²) >= 11 is 16.0. The SMILES string of the molecule is COc1cc(CNCCc2ccc(F)cc2)cc(Br)c1OCc1c(Cl)cccc1Cl. The highest BCUT2D eigenvalue weighted by Gasteiger charge is 2.14. The largest absolute Gasteiger partial charge is 0.493 e. The average Bonchev–Trinajstić information content (AvgIpc) is 2.73. The predicted octanol–water partition coefficient (Wildman–Crippen LogP) is 6.81. The summed E-state index contributed by atoms with van der Waals surface area (Å²) < 4.78 is 25.2. The van der Waals surface area contributed by atoms with E-state index in [1.807, 2.05) is 12.1 Å². The predicted molar refractivity (Wildman–Crippen MR) is 123 cm³/mol. The first-order valence-electron chi connectivity index (χ1n) is 9.35. The molecule has 30 heavy (non-hydrogen) atoms. The third kappa shape index (κ3) is 6.11. The lowest BCUT2D eigenvalue weighted by atomic mass is 10.1. The van der Waals surface area contributed by atoms with E-state index >= 15 is 0 Å². The van der Waals surface area contributed by atoms with Crippen LogP contribution in [0.5, 0.6) is 11.5 Å². The van der Waals surface area contributed by atoms with Gasteiger partial charge in [-0.1, -0.05) is 41.4 Å². The Bertz CT molecular complexity index is 979. The molecular formula is C23H21BrCl2FNO2. The number of hydrogen-bond donors (Lipinski definition) is 1. The lowest BCUT2D eigenvalue weighted by Gasteiger charge is -2.16. The summed E-state index contributed by atoms with van der Waals surface area (Å²) in [5.41, 5.74) is 2.85. The molecule has 3 rings (SSSR count). The van der Waals surface area contributed by atoms with Gasteiger partial charge < -0.3 is 14.8 Å². The van der Waals surface area contributed by atoms with Gasteiger partial charge in [-0.3, -0.25) is 0 Å². The Balaban J connectivity index is 1.61. The molecular weight excluding hydrogens is 492 g/mol. The molecule has 0 radical (unpaired) electrons. The van der Waals surface area contributed by atoms with E-state index in [2.05, 4.69) is 21.2 Å². The minimum absolute atomic E-state index is 0.220. The van der Waals surface area contributed by atoms with Crippen LogP contribution in [0.15, 0.2) is 59.1 Å². The molecule has 0 fully saturated rings. The highest BCUT2D eigenvalue weighted by atomic mass is 79.9. The van der Waals surface area contributed by atoms with Crippen LogP contribution in [0, 0.1) is 5.82 Å². The van der Waals surface area contributed by atoms with E-state index in [1.54, 1.807) is 37.4 Å². The molecule has 0 aromatic heterocycles. The molecule has 0 atom stereocenters. The summed E-state index contributed by atoms with van der Waals surface area (Å²) in [5.74, 6) is 0.981. The van der Waals surface area contributed by atoms with E-state index in [-0.39, 0.29) is 12.4 Å². The highest BCUT2D eigenvalue weighted by Crippen LogP contribution is 2.38. The first kappa shape index (κ1) is 22.9. The van der Waals surface area contributed by atoms with Crippen LogP contribution in [-0.2, 0) is 19.6 Å². The van der Waals surface area contributed by atoms with Gasteiger partial charge in [-0.15, -0.1) is 0 Å². The zero-order valence-corrected chi connectivity index (χ0v) is 19.5. The van der Waals surface area contributed by atoms with Crippen molar-refractivity contribution in [3.05, 3.63) is 91.6 Å². The third-order valence-corrected chi connectivity index (χ3v) is 5.84. The second-order valence-electron chi connectivity index (χ2n) is 6.65. The van der Waals surface area contributed by atoms with Gasteiger partial charge in [0.25, 0.3) is 0 Å². The summed E-state index contributed by atoms with van der Waals surface area (Å²) in [7, 11) is 1.60. The van der Waals surface area contributed by atoms with Crippen LogP contribution in [0.1, 0.15) is 16.7 Å². The van der Waals surface area contributed by atoms with Gasteiger partial charge in [-0.2, -0.15) is 0 Å². The molecule has 0 aliphatic rings. The number of halogens is 4. The quantitative estimate of drug-likeness (QED) is 0.319. The van der Waals surface area contributed by atoms with Crippen molar-refractivity contribution < 1.29 is 13.9 Å². The number of methoxy groups -OCH3 is 1. The average molecular weight is 513 g/mol. The Kier molecular flexibility index (Phi) is 8.40. The molecule has 3 nitrogen and oxygen atoms in total. The summed E-state index contributed by atoms with van der Waals surface area (Å²) in [6, 6.07) is 15.8.